The first kappa shape index (κ1) is 33.5. The van der Waals surface area contributed by atoms with Gasteiger partial charge in [-0.3, -0.25) is 13.9 Å². The Balaban J connectivity index is 1.56. The molecule has 0 spiro atoms. The minimum Gasteiger partial charge on any atom is -0.352 e. The van der Waals surface area contributed by atoms with Crippen LogP contribution in [0.25, 0.3) is 0 Å². The van der Waals surface area contributed by atoms with E-state index in [4.69, 9.17) is 23.2 Å². The lowest BCUT2D eigenvalue weighted by molar-refractivity contribution is -0.140. The summed E-state index contributed by atoms with van der Waals surface area (Å²) >= 11 is 12.7. The Bertz CT molecular complexity index is 1720. The average Bonchev–Trinajstić information content (AvgIpc) is 3.07. The summed E-state index contributed by atoms with van der Waals surface area (Å²) < 4.78 is 29.3. The highest BCUT2D eigenvalue weighted by atomic mass is 35.5. The standard InChI is InChI=1S/C36H37Cl2N3O4S/c37-29-21-22-33(32(38)24-29)41(46(44,45)31-19-11-4-12-20-31)26-35(42)40(25-28-15-7-2-8-16-28)34(23-27-13-5-1-6-14-27)36(43)39-30-17-9-3-10-18-30/h1-2,4-8,11-16,19-22,24,30,34H,3,9-10,17-18,23,25-26H2,(H,39,43)/t34-/m1/s1. The van der Waals surface area contributed by atoms with Gasteiger partial charge in [0, 0.05) is 24.0 Å². The molecule has 2 amide bonds. The molecule has 0 aromatic heterocycles. The number of hydrogen-bond acceptors (Lipinski definition) is 4. The molecule has 0 saturated heterocycles. The molecule has 0 heterocycles. The second-order valence-corrected chi connectivity index (χ2v) is 14.2. The average molecular weight is 679 g/mol. The lowest BCUT2D eigenvalue weighted by Gasteiger charge is -2.35. The summed E-state index contributed by atoms with van der Waals surface area (Å²) in [6.45, 7) is -0.490. The molecule has 46 heavy (non-hydrogen) atoms. The van der Waals surface area contributed by atoms with Crippen molar-refractivity contribution in [2.75, 3.05) is 10.8 Å². The molecule has 1 N–H and O–H groups in total. The van der Waals surface area contributed by atoms with Gasteiger partial charge in [0.05, 0.1) is 15.6 Å². The van der Waals surface area contributed by atoms with E-state index in [2.05, 4.69) is 5.32 Å². The van der Waals surface area contributed by atoms with Crippen molar-refractivity contribution in [2.24, 2.45) is 0 Å². The lowest BCUT2D eigenvalue weighted by atomic mass is 9.94. The third-order valence-corrected chi connectivity index (χ3v) is 10.5. The molecular formula is C36H37Cl2N3O4S. The Hall–Kier alpha value is -3.85. The number of rotatable bonds is 12. The van der Waals surface area contributed by atoms with Gasteiger partial charge in [0.25, 0.3) is 10.0 Å². The molecule has 1 saturated carbocycles. The molecule has 1 aliphatic rings. The van der Waals surface area contributed by atoms with Crippen LogP contribution in [0.3, 0.4) is 0 Å². The monoisotopic (exact) mass is 677 g/mol. The molecule has 0 radical (unpaired) electrons. The number of halogens is 2. The second-order valence-electron chi connectivity index (χ2n) is 11.5. The summed E-state index contributed by atoms with van der Waals surface area (Å²) in [5.41, 5.74) is 1.79. The Morgan fingerprint density at radius 2 is 1.37 bits per heavy atom. The number of benzene rings is 4. The summed E-state index contributed by atoms with van der Waals surface area (Å²) in [5, 5.41) is 3.61. The smallest absolute Gasteiger partial charge is 0.264 e. The quantitative estimate of drug-likeness (QED) is 0.171. The molecule has 0 bridgehead atoms. The van der Waals surface area contributed by atoms with Gasteiger partial charge in [-0.15, -0.1) is 0 Å². The molecule has 1 fully saturated rings. The topological polar surface area (TPSA) is 86.8 Å². The molecule has 7 nitrogen and oxygen atoms in total. The zero-order valence-electron chi connectivity index (χ0n) is 25.4. The van der Waals surface area contributed by atoms with Gasteiger partial charge in [-0.1, -0.05) is 121 Å². The van der Waals surface area contributed by atoms with Crippen LogP contribution in [0.1, 0.15) is 43.2 Å². The fraction of sp³-hybridized carbons (Fsp3) is 0.278. The highest BCUT2D eigenvalue weighted by Crippen LogP contribution is 2.33. The van der Waals surface area contributed by atoms with Crippen LogP contribution in [0.15, 0.2) is 114 Å². The van der Waals surface area contributed by atoms with Gasteiger partial charge in [-0.25, -0.2) is 8.42 Å². The third kappa shape index (κ3) is 8.49. The van der Waals surface area contributed by atoms with Gasteiger partial charge in [0.2, 0.25) is 11.8 Å². The summed E-state index contributed by atoms with van der Waals surface area (Å²) in [7, 11) is -4.26. The molecule has 5 rings (SSSR count). The van der Waals surface area contributed by atoms with Gasteiger partial charge in [0.1, 0.15) is 12.6 Å². The van der Waals surface area contributed by atoms with Gasteiger partial charge >= 0.3 is 0 Å². The van der Waals surface area contributed by atoms with E-state index in [1.165, 1.54) is 35.2 Å². The summed E-state index contributed by atoms with van der Waals surface area (Å²) in [5.74, 6) is -0.809. The summed E-state index contributed by atoms with van der Waals surface area (Å²) in [6, 6.07) is 30.4. The molecular weight excluding hydrogens is 641 g/mol. The minimum absolute atomic E-state index is 0.000645. The van der Waals surface area contributed by atoms with E-state index in [0.29, 0.717) is 5.02 Å². The fourth-order valence-corrected chi connectivity index (χ4v) is 7.81. The normalized spacial score (nSPS) is 14.3. The van der Waals surface area contributed by atoms with E-state index >= 15 is 0 Å². The summed E-state index contributed by atoms with van der Waals surface area (Å²) in [4.78, 5) is 30.2. The van der Waals surface area contributed by atoms with Gasteiger partial charge < -0.3 is 10.2 Å². The predicted molar refractivity (Wildman–Crippen MR) is 183 cm³/mol. The Morgan fingerprint density at radius 1 is 0.783 bits per heavy atom. The number of carbonyl (C=O) groups excluding carboxylic acids is 2. The number of hydrogen-bond donors (Lipinski definition) is 1. The summed E-state index contributed by atoms with van der Waals surface area (Å²) in [6.07, 6.45) is 5.23. The van der Waals surface area contributed by atoms with E-state index in [1.807, 2.05) is 60.7 Å². The predicted octanol–water partition coefficient (Wildman–Crippen LogP) is 7.28. The van der Waals surface area contributed by atoms with Crippen molar-refractivity contribution >= 4 is 50.7 Å². The number of carbonyl (C=O) groups is 2. The first-order valence-corrected chi connectivity index (χ1v) is 17.6. The van der Waals surface area contributed by atoms with Gasteiger partial charge in [-0.2, -0.15) is 0 Å². The zero-order valence-corrected chi connectivity index (χ0v) is 27.7. The number of amides is 2. The van der Waals surface area contributed by atoms with E-state index in [0.717, 1.165) is 47.5 Å². The van der Waals surface area contributed by atoms with Crippen molar-refractivity contribution < 1.29 is 18.0 Å². The van der Waals surface area contributed by atoms with Crippen LogP contribution in [0, 0.1) is 0 Å². The fourth-order valence-electron chi connectivity index (χ4n) is 5.79. The molecule has 1 aliphatic carbocycles. The van der Waals surface area contributed by atoms with Crippen molar-refractivity contribution in [3.05, 3.63) is 130 Å². The lowest BCUT2D eigenvalue weighted by Crippen LogP contribution is -2.55. The SMILES string of the molecule is O=C(NC1CCCCC1)[C@@H](Cc1ccccc1)N(Cc1ccccc1)C(=O)CN(c1ccc(Cl)cc1Cl)S(=O)(=O)c1ccccc1. The zero-order chi connectivity index (χ0) is 32.5. The maximum absolute atomic E-state index is 14.6. The molecule has 10 heteroatoms. The number of nitrogens with one attached hydrogen (secondary N) is 1. The van der Waals surface area contributed by atoms with Crippen molar-refractivity contribution in [3.63, 3.8) is 0 Å². The molecule has 0 aliphatic heterocycles. The maximum atomic E-state index is 14.6. The van der Waals surface area contributed by atoms with Crippen LogP contribution >= 0.6 is 23.2 Å². The number of sulfonamides is 1. The number of nitrogens with zero attached hydrogens (tertiary/aromatic N) is 2. The van der Waals surface area contributed by atoms with Crippen LogP contribution in [-0.4, -0.2) is 43.8 Å². The molecule has 4 aromatic rings. The van der Waals surface area contributed by atoms with E-state index < -0.39 is 28.5 Å². The van der Waals surface area contributed by atoms with Crippen molar-refractivity contribution in [3.8, 4) is 0 Å². The Kier molecular flexibility index (Phi) is 11.4. The van der Waals surface area contributed by atoms with Crippen LogP contribution in [-0.2, 0) is 32.6 Å². The van der Waals surface area contributed by atoms with Crippen LogP contribution in [0.5, 0.6) is 0 Å². The van der Waals surface area contributed by atoms with Crippen LogP contribution in [0.2, 0.25) is 10.0 Å². The van der Waals surface area contributed by atoms with Crippen LogP contribution < -0.4 is 9.62 Å². The minimum atomic E-state index is -4.26. The molecule has 1 atom stereocenters. The van der Waals surface area contributed by atoms with Gasteiger partial charge in [-0.05, 0) is 54.3 Å². The molecule has 4 aromatic carbocycles. The number of anilines is 1. The van der Waals surface area contributed by atoms with Crippen molar-refractivity contribution in [2.45, 2.75) is 62.0 Å². The van der Waals surface area contributed by atoms with Crippen molar-refractivity contribution in [1.82, 2.24) is 10.2 Å². The first-order valence-electron chi connectivity index (χ1n) is 15.4. The molecule has 0 unspecified atom stereocenters. The molecule has 240 valence electrons. The third-order valence-electron chi connectivity index (χ3n) is 8.21. The first-order chi connectivity index (χ1) is 22.2. The second kappa shape index (κ2) is 15.6. The van der Waals surface area contributed by atoms with E-state index in [1.54, 1.807) is 18.2 Å². The van der Waals surface area contributed by atoms with E-state index in [-0.39, 0.29) is 40.5 Å². The van der Waals surface area contributed by atoms with Crippen molar-refractivity contribution in [1.29, 1.82) is 0 Å². The highest BCUT2D eigenvalue weighted by molar-refractivity contribution is 7.92. The Morgan fingerprint density at radius 3 is 1.98 bits per heavy atom. The maximum Gasteiger partial charge on any atom is 0.264 e. The Labute approximate surface area is 281 Å². The van der Waals surface area contributed by atoms with Gasteiger partial charge in [0.15, 0.2) is 0 Å². The van der Waals surface area contributed by atoms with Crippen LogP contribution in [0.4, 0.5) is 5.69 Å². The van der Waals surface area contributed by atoms with E-state index in [9.17, 15) is 18.0 Å². The largest absolute Gasteiger partial charge is 0.352 e. The highest BCUT2D eigenvalue weighted by Gasteiger charge is 2.36.